The molecule has 116 valence electrons. The van der Waals surface area contributed by atoms with Crippen LogP contribution < -0.4 is 5.32 Å². The molecular weight excluding hydrogens is 236 g/mol. The fourth-order valence-electron chi connectivity index (χ4n) is 2.44. The number of hydrogen-bond acceptors (Lipinski definition) is 3. The summed E-state index contributed by atoms with van der Waals surface area (Å²) >= 11 is 0. The van der Waals surface area contributed by atoms with Crippen molar-refractivity contribution in [3.8, 4) is 0 Å². The van der Waals surface area contributed by atoms with E-state index >= 15 is 0 Å². The van der Waals surface area contributed by atoms with Gasteiger partial charge in [-0.05, 0) is 51.7 Å². The van der Waals surface area contributed by atoms with Gasteiger partial charge in [0.15, 0.2) is 0 Å². The van der Waals surface area contributed by atoms with Crippen LogP contribution in [0.1, 0.15) is 60.3 Å². The molecule has 0 spiro atoms. The summed E-state index contributed by atoms with van der Waals surface area (Å²) in [4.78, 5) is 2.41. The summed E-state index contributed by atoms with van der Waals surface area (Å²) in [5, 5.41) is 13.0. The summed E-state index contributed by atoms with van der Waals surface area (Å²) in [5.41, 5.74) is 0.273. The lowest BCUT2D eigenvalue weighted by molar-refractivity contribution is 0.160. The lowest BCUT2D eigenvalue weighted by Crippen LogP contribution is -2.46. The standard InChI is InChI=1S/C16H36N2O/c1-7-11-17-16(5,14-19)10-8-9-12-18(6)13-15(2,3)4/h17,19H,7-14H2,1-6H3. The molecule has 0 aliphatic heterocycles. The summed E-state index contributed by atoms with van der Waals surface area (Å²) in [6, 6.07) is 0. The number of aliphatic hydroxyl groups excluding tert-OH is 1. The molecule has 0 aromatic carbocycles. The monoisotopic (exact) mass is 272 g/mol. The van der Waals surface area contributed by atoms with Crippen molar-refractivity contribution in [2.75, 3.05) is 33.3 Å². The molecule has 0 heterocycles. The molecule has 0 fully saturated rings. The number of nitrogens with zero attached hydrogens (tertiary/aromatic N) is 1. The quantitative estimate of drug-likeness (QED) is 0.600. The largest absolute Gasteiger partial charge is 0.394 e. The highest BCUT2D eigenvalue weighted by Crippen LogP contribution is 2.16. The Morgan fingerprint density at radius 3 is 2.21 bits per heavy atom. The molecule has 1 unspecified atom stereocenters. The van der Waals surface area contributed by atoms with Gasteiger partial charge in [-0.15, -0.1) is 0 Å². The molecule has 0 bridgehead atoms. The fourth-order valence-corrected chi connectivity index (χ4v) is 2.44. The second-order valence-electron chi connectivity index (χ2n) is 7.40. The van der Waals surface area contributed by atoms with E-state index in [0.29, 0.717) is 5.41 Å². The van der Waals surface area contributed by atoms with Crippen LogP contribution in [-0.4, -0.2) is 48.8 Å². The molecule has 0 aliphatic rings. The zero-order valence-electron chi connectivity index (χ0n) is 14.1. The van der Waals surface area contributed by atoms with Crippen molar-refractivity contribution in [2.24, 2.45) is 5.41 Å². The van der Waals surface area contributed by atoms with Crippen LogP contribution in [-0.2, 0) is 0 Å². The van der Waals surface area contributed by atoms with Gasteiger partial charge in [0, 0.05) is 12.1 Å². The van der Waals surface area contributed by atoms with Gasteiger partial charge in [-0.3, -0.25) is 0 Å². The molecule has 19 heavy (non-hydrogen) atoms. The van der Waals surface area contributed by atoms with Gasteiger partial charge >= 0.3 is 0 Å². The van der Waals surface area contributed by atoms with Gasteiger partial charge in [0.25, 0.3) is 0 Å². The van der Waals surface area contributed by atoms with Crippen molar-refractivity contribution in [2.45, 2.75) is 65.8 Å². The van der Waals surface area contributed by atoms with E-state index in [1.165, 1.54) is 12.8 Å². The van der Waals surface area contributed by atoms with Crippen LogP contribution in [0.4, 0.5) is 0 Å². The van der Waals surface area contributed by atoms with E-state index < -0.39 is 0 Å². The van der Waals surface area contributed by atoms with Gasteiger partial charge in [-0.2, -0.15) is 0 Å². The number of hydrogen-bond donors (Lipinski definition) is 2. The average Bonchev–Trinajstić information content (AvgIpc) is 2.30. The molecule has 1 atom stereocenters. The van der Waals surface area contributed by atoms with Gasteiger partial charge in [0.1, 0.15) is 0 Å². The smallest absolute Gasteiger partial charge is 0.0610 e. The molecule has 0 aromatic rings. The fraction of sp³-hybridized carbons (Fsp3) is 1.00. The van der Waals surface area contributed by atoms with Crippen LogP contribution in [0.3, 0.4) is 0 Å². The highest BCUT2D eigenvalue weighted by Gasteiger charge is 2.21. The van der Waals surface area contributed by atoms with Crippen molar-refractivity contribution in [1.29, 1.82) is 0 Å². The van der Waals surface area contributed by atoms with Crippen molar-refractivity contribution >= 4 is 0 Å². The highest BCUT2D eigenvalue weighted by molar-refractivity contribution is 4.82. The number of nitrogens with one attached hydrogen (secondary N) is 1. The topological polar surface area (TPSA) is 35.5 Å². The molecule has 0 rings (SSSR count). The zero-order valence-corrected chi connectivity index (χ0v) is 14.1. The molecular formula is C16H36N2O. The Balaban J connectivity index is 3.82. The number of rotatable bonds is 10. The van der Waals surface area contributed by atoms with E-state index in [-0.39, 0.29) is 12.1 Å². The maximum absolute atomic E-state index is 9.50. The van der Waals surface area contributed by atoms with E-state index in [1.807, 2.05) is 0 Å². The van der Waals surface area contributed by atoms with Crippen LogP contribution in [0, 0.1) is 5.41 Å². The van der Waals surface area contributed by atoms with E-state index in [9.17, 15) is 5.11 Å². The second-order valence-corrected chi connectivity index (χ2v) is 7.40. The van der Waals surface area contributed by atoms with Crippen LogP contribution in [0.15, 0.2) is 0 Å². The molecule has 3 heteroatoms. The van der Waals surface area contributed by atoms with Crippen LogP contribution in [0.25, 0.3) is 0 Å². The third-order valence-corrected chi connectivity index (χ3v) is 3.41. The summed E-state index contributed by atoms with van der Waals surface area (Å²) in [5.74, 6) is 0. The van der Waals surface area contributed by atoms with Crippen molar-refractivity contribution in [3.05, 3.63) is 0 Å². The van der Waals surface area contributed by atoms with E-state index in [2.05, 4.69) is 51.9 Å². The maximum Gasteiger partial charge on any atom is 0.0610 e. The lowest BCUT2D eigenvalue weighted by Gasteiger charge is -2.30. The van der Waals surface area contributed by atoms with Gasteiger partial charge < -0.3 is 15.3 Å². The van der Waals surface area contributed by atoms with E-state index in [4.69, 9.17) is 0 Å². The minimum absolute atomic E-state index is 0.0986. The Kier molecular flexibility index (Phi) is 8.88. The van der Waals surface area contributed by atoms with Crippen LogP contribution in [0.5, 0.6) is 0 Å². The minimum Gasteiger partial charge on any atom is -0.394 e. The first-order valence-corrected chi connectivity index (χ1v) is 7.77. The van der Waals surface area contributed by atoms with Crippen LogP contribution >= 0.6 is 0 Å². The van der Waals surface area contributed by atoms with Crippen molar-refractivity contribution in [1.82, 2.24) is 10.2 Å². The van der Waals surface area contributed by atoms with Gasteiger partial charge in [0.05, 0.1) is 6.61 Å². The summed E-state index contributed by atoms with van der Waals surface area (Å²) in [6.45, 7) is 14.6. The Hall–Kier alpha value is -0.120. The maximum atomic E-state index is 9.50. The molecule has 0 radical (unpaired) electrons. The summed E-state index contributed by atoms with van der Waals surface area (Å²) in [7, 11) is 2.20. The predicted octanol–water partition coefficient (Wildman–Crippen LogP) is 2.89. The van der Waals surface area contributed by atoms with E-state index in [1.54, 1.807) is 0 Å². The Morgan fingerprint density at radius 1 is 1.11 bits per heavy atom. The normalized spacial score (nSPS) is 15.8. The Bertz CT molecular complexity index is 225. The summed E-state index contributed by atoms with van der Waals surface area (Å²) in [6.07, 6.45) is 4.54. The van der Waals surface area contributed by atoms with Crippen molar-refractivity contribution < 1.29 is 5.11 Å². The molecule has 0 amide bonds. The number of unbranched alkanes of at least 4 members (excludes halogenated alkanes) is 1. The lowest BCUT2D eigenvalue weighted by atomic mass is 9.94. The molecule has 2 N–H and O–H groups in total. The minimum atomic E-state index is -0.0986. The average molecular weight is 272 g/mol. The molecule has 3 nitrogen and oxygen atoms in total. The SMILES string of the molecule is CCCNC(C)(CO)CCCCN(C)CC(C)(C)C. The third-order valence-electron chi connectivity index (χ3n) is 3.41. The van der Waals surface area contributed by atoms with E-state index in [0.717, 1.165) is 32.5 Å². The predicted molar refractivity (Wildman–Crippen MR) is 84.6 cm³/mol. The van der Waals surface area contributed by atoms with Crippen LogP contribution in [0.2, 0.25) is 0 Å². The number of aliphatic hydroxyl groups is 1. The molecule has 0 saturated heterocycles. The first-order chi connectivity index (χ1) is 8.72. The van der Waals surface area contributed by atoms with Gasteiger partial charge in [-0.1, -0.05) is 34.1 Å². The second kappa shape index (κ2) is 8.93. The molecule has 0 aliphatic carbocycles. The van der Waals surface area contributed by atoms with Gasteiger partial charge in [0.2, 0.25) is 0 Å². The zero-order chi connectivity index (χ0) is 14.9. The third kappa shape index (κ3) is 10.3. The molecule has 0 saturated carbocycles. The highest BCUT2D eigenvalue weighted by atomic mass is 16.3. The van der Waals surface area contributed by atoms with Gasteiger partial charge in [-0.25, -0.2) is 0 Å². The first kappa shape index (κ1) is 18.9. The Morgan fingerprint density at radius 2 is 1.74 bits per heavy atom. The summed E-state index contributed by atoms with van der Waals surface area (Å²) < 4.78 is 0. The van der Waals surface area contributed by atoms with Crippen molar-refractivity contribution in [3.63, 3.8) is 0 Å². The first-order valence-electron chi connectivity index (χ1n) is 7.77. The Labute approximate surface area is 120 Å². The molecule has 0 aromatic heterocycles.